The first-order valence-electron chi connectivity index (χ1n) is 8.74. The van der Waals surface area contributed by atoms with E-state index in [0.717, 1.165) is 18.4 Å². The van der Waals surface area contributed by atoms with E-state index in [-0.39, 0.29) is 17.5 Å². The van der Waals surface area contributed by atoms with E-state index >= 15 is 0 Å². The highest BCUT2D eigenvalue weighted by Gasteiger charge is 2.14. The molecule has 2 amide bonds. The Kier molecular flexibility index (Phi) is 7.89. The first kappa shape index (κ1) is 20.5. The topological polar surface area (TPSA) is 67.4 Å². The van der Waals surface area contributed by atoms with E-state index in [1.807, 2.05) is 6.92 Å². The largest absolute Gasteiger partial charge is 0.497 e. The average molecular weight is 387 g/mol. The monoisotopic (exact) mass is 386 g/mol. The fourth-order valence-electron chi connectivity index (χ4n) is 2.29. The van der Waals surface area contributed by atoms with Gasteiger partial charge in [-0.25, -0.2) is 0 Å². The van der Waals surface area contributed by atoms with Crippen LogP contribution in [0.1, 0.15) is 35.7 Å². The van der Waals surface area contributed by atoms with Gasteiger partial charge in [0.05, 0.1) is 7.11 Å². The fraction of sp³-hybridized carbons (Fsp3) is 0.238. The number of carbonyl (C=O) groups excluding carboxylic acids is 2. The molecule has 0 bridgehead atoms. The molecular weight excluding hydrogens is 364 g/mol. The fourth-order valence-corrected chi connectivity index (χ4v) is 2.42. The summed E-state index contributed by atoms with van der Waals surface area (Å²) in [6, 6.07) is 13.7. The van der Waals surface area contributed by atoms with Crippen molar-refractivity contribution in [3.8, 4) is 5.75 Å². The number of benzene rings is 2. The van der Waals surface area contributed by atoms with E-state index in [1.54, 1.807) is 61.7 Å². The van der Waals surface area contributed by atoms with Crippen molar-refractivity contribution < 1.29 is 14.3 Å². The van der Waals surface area contributed by atoms with Crippen LogP contribution < -0.4 is 15.4 Å². The Balaban J connectivity index is 2.20. The molecule has 2 rings (SSSR count). The van der Waals surface area contributed by atoms with Gasteiger partial charge >= 0.3 is 0 Å². The lowest BCUT2D eigenvalue weighted by molar-refractivity contribution is -0.117. The third-order valence-electron chi connectivity index (χ3n) is 3.84. The number of unbranched alkanes of at least 4 members (excludes halogenated alkanes) is 1. The number of rotatable bonds is 8. The van der Waals surface area contributed by atoms with Crippen LogP contribution in [0.3, 0.4) is 0 Å². The highest BCUT2D eigenvalue weighted by molar-refractivity contribution is 6.30. The molecule has 0 saturated carbocycles. The van der Waals surface area contributed by atoms with Gasteiger partial charge in [-0.2, -0.15) is 0 Å². The molecule has 6 heteroatoms. The highest BCUT2D eigenvalue weighted by atomic mass is 35.5. The van der Waals surface area contributed by atoms with Crippen LogP contribution >= 0.6 is 11.6 Å². The van der Waals surface area contributed by atoms with E-state index in [2.05, 4.69) is 10.6 Å². The maximum absolute atomic E-state index is 12.5. The number of ether oxygens (including phenoxy) is 1. The normalized spacial score (nSPS) is 11.0. The second-order valence-electron chi connectivity index (χ2n) is 5.90. The third-order valence-corrected chi connectivity index (χ3v) is 4.09. The molecule has 0 saturated heterocycles. The van der Waals surface area contributed by atoms with Crippen molar-refractivity contribution in [3.63, 3.8) is 0 Å². The van der Waals surface area contributed by atoms with Crippen molar-refractivity contribution in [2.75, 3.05) is 13.7 Å². The van der Waals surface area contributed by atoms with Gasteiger partial charge in [0.15, 0.2) is 0 Å². The Bertz CT molecular complexity index is 799. The first-order valence-corrected chi connectivity index (χ1v) is 9.12. The molecule has 2 aromatic carbocycles. The quantitative estimate of drug-likeness (QED) is 0.531. The molecule has 0 aliphatic heterocycles. The molecule has 0 spiro atoms. The Labute approximate surface area is 164 Å². The van der Waals surface area contributed by atoms with Crippen molar-refractivity contribution in [1.29, 1.82) is 0 Å². The predicted octanol–water partition coefficient (Wildman–Crippen LogP) is 4.04. The van der Waals surface area contributed by atoms with Crippen LogP contribution in [0.2, 0.25) is 5.02 Å². The molecule has 0 aromatic heterocycles. The van der Waals surface area contributed by atoms with E-state index in [9.17, 15) is 9.59 Å². The van der Waals surface area contributed by atoms with Gasteiger partial charge < -0.3 is 15.4 Å². The number of hydrogen-bond donors (Lipinski definition) is 2. The van der Waals surface area contributed by atoms with Crippen LogP contribution in [0.4, 0.5) is 0 Å². The maximum Gasteiger partial charge on any atom is 0.267 e. The van der Waals surface area contributed by atoms with Gasteiger partial charge in [-0.3, -0.25) is 9.59 Å². The van der Waals surface area contributed by atoms with E-state index in [1.165, 1.54) is 0 Å². The van der Waals surface area contributed by atoms with Gasteiger partial charge in [-0.1, -0.05) is 37.1 Å². The number of hydrogen-bond acceptors (Lipinski definition) is 3. The molecular formula is C21H23ClN2O3. The van der Waals surface area contributed by atoms with Crippen molar-refractivity contribution >= 4 is 29.5 Å². The first-order chi connectivity index (χ1) is 13.0. The summed E-state index contributed by atoms with van der Waals surface area (Å²) in [6.45, 7) is 2.59. The standard InChI is InChI=1S/C21H23ClN2O3/c1-3-4-13-23-21(26)19(14-15-5-9-17(22)10-6-15)24-20(25)16-7-11-18(27-2)12-8-16/h5-12,14H,3-4,13H2,1-2H3,(H,23,26)(H,24,25). The molecule has 0 aliphatic carbocycles. The Morgan fingerprint density at radius 2 is 1.74 bits per heavy atom. The summed E-state index contributed by atoms with van der Waals surface area (Å²) in [5.74, 6) is -0.0513. The minimum absolute atomic E-state index is 0.175. The summed E-state index contributed by atoms with van der Waals surface area (Å²) >= 11 is 5.90. The molecule has 0 heterocycles. The summed E-state index contributed by atoms with van der Waals surface area (Å²) in [7, 11) is 1.56. The van der Waals surface area contributed by atoms with Crippen LogP contribution in [0.5, 0.6) is 5.75 Å². The van der Waals surface area contributed by atoms with Crippen LogP contribution in [-0.2, 0) is 4.79 Å². The van der Waals surface area contributed by atoms with Crippen LogP contribution in [0, 0.1) is 0 Å². The molecule has 142 valence electrons. The lowest BCUT2D eigenvalue weighted by atomic mass is 10.1. The zero-order chi connectivity index (χ0) is 19.6. The summed E-state index contributed by atoms with van der Waals surface area (Å²) in [6.07, 6.45) is 3.46. The lowest BCUT2D eigenvalue weighted by Crippen LogP contribution is -2.35. The van der Waals surface area contributed by atoms with Crippen LogP contribution in [-0.4, -0.2) is 25.5 Å². The Morgan fingerprint density at radius 1 is 1.07 bits per heavy atom. The minimum atomic E-state index is -0.372. The SMILES string of the molecule is CCCCNC(=O)C(=Cc1ccc(Cl)cc1)NC(=O)c1ccc(OC)cc1. The highest BCUT2D eigenvalue weighted by Crippen LogP contribution is 2.14. The van der Waals surface area contributed by atoms with Gasteiger partial charge in [0.25, 0.3) is 11.8 Å². The van der Waals surface area contributed by atoms with Gasteiger partial charge in [0.1, 0.15) is 11.4 Å². The molecule has 0 fully saturated rings. The van der Waals surface area contributed by atoms with E-state index in [0.29, 0.717) is 22.9 Å². The summed E-state index contributed by atoms with van der Waals surface area (Å²) in [5.41, 5.74) is 1.36. The lowest BCUT2D eigenvalue weighted by Gasteiger charge is -2.11. The molecule has 2 aromatic rings. The maximum atomic E-state index is 12.5. The number of halogens is 1. The molecule has 27 heavy (non-hydrogen) atoms. The van der Waals surface area contributed by atoms with Crippen molar-refractivity contribution in [2.24, 2.45) is 0 Å². The molecule has 0 radical (unpaired) electrons. The Morgan fingerprint density at radius 3 is 2.33 bits per heavy atom. The number of carbonyl (C=O) groups is 2. The minimum Gasteiger partial charge on any atom is -0.497 e. The average Bonchev–Trinajstić information content (AvgIpc) is 2.69. The van der Waals surface area contributed by atoms with Gasteiger partial charge in [0, 0.05) is 17.1 Å². The summed E-state index contributed by atoms with van der Waals surface area (Å²) < 4.78 is 5.09. The van der Waals surface area contributed by atoms with Gasteiger partial charge in [0.2, 0.25) is 0 Å². The van der Waals surface area contributed by atoms with Crippen molar-refractivity contribution in [1.82, 2.24) is 10.6 Å². The van der Waals surface area contributed by atoms with E-state index < -0.39 is 0 Å². The third kappa shape index (κ3) is 6.46. The summed E-state index contributed by atoms with van der Waals surface area (Å²) in [5, 5.41) is 6.12. The second-order valence-corrected chi connectivity index (χ2v) is 6.34. The van der Waals surface area contributed by atoms with Gasteiger partial charge in [-0.15, -0.1) is 0 Å². The number of amides is 2. The molecule has 0 unspecified atom stereocenters. The smallest absolute Gasteiger partial charge is 0.267 e. The van der Waals surface area contributed by atoms with Gasteiger partial charge in [-0.05, 0) is 54.5 Å². The molecule has 0 atom stereocenters. The van der Waals surface area contributed by atoms with Crippen molar-refractivity contribution in [3.05, 3.63) is 70.4 Å². The summed E-state index contributed by atoms with van der Waals surface area (Å²) in [4.78, 5) is 25.1. The molecule has 5 nitrogen and oxygen atoms in total. The molecule has 2 N–H and O–H groups in total. The predicted molar refractivity (Wildman–Crippen MR) is 108 cm³/mol. The zero-order valence-corrected chi connectivity index (χ0v) is 16.2. The zero-order valence-electron chi connectivity index (χ0n) is 15.4. The number of nitrogens with one attached hydrogen (secondary N) is 2. The van der Waals surface area contributed by atoms with Crippen LogP contribution in [0.15, 0.2) is 54.2 Å². The van der Waals surface area contributed by atoms with Crippen molar-refractivity contribution in [2.45, 2.75) is 19.8 Å². The molecule has 0 aliphatic rings. The second kappa shape index (κ2) is 10.4. The Hall–Kier alpha value is -2.79. The van der Waals surface area contributed by atoms with Crippen LogP contribution in [0.25, 0.3) is 6.08 Å². The number of methoxy groups -OCH3 is 1. The van der Waals surface area contributed by atoms with E-state index in [4.69, 9.17) is 16.3 Å².